The summed E-state index contributed by atoms with van der Waals surface area (Å²) in [4.78, 5) is 21.4. The zero-order valence-corrected chi connectivity index (χ0v) is 10.2. The number of carbonyl (C=O) groups is 2. The van der Waals surface area contributed by atoms with E-state index in [1.807, 2.05) is 0 Å². The van der Waals surface area contributed by atoms with Crippen molar-refractivity contribution in [2.45, 2.75) is 6.92 Å². The van der Waals surface area contributed by atoms with Crippen LogP contribution in [0.15, 0.2) is 18.2 Å². The van der Waals surface area contributed by atoms with Gasteiger partial charge in [-0.05, 0) is 18.2 Å². The quantitative estimate of drug-likeness (QED) is 0.736. The van der Waals surface area contributed by atoms with E-state index < -0.39 is 5.97 Å². The van der Waals surface area contributed by atoms with Crippen LogP contribution in [0.3, 0.4) is 0 Å². The van der Waals surface area contributed by atoms with Crippen LogP contribution < -0.4 is 14.8 Å². The minimum absolute atomic E-state index is 0.126. The average Bonchev–Trinajstić information content (AvgIpc) is 2.34. The van der Waals surface area contributed by atoms with Gasteiger partial charge in [-0.2, -0.15) is 0 Å². The summed E-state index contributed by atoms with van der Waals surface area (Å²) in [6.45, 7) is 2.07. The molecule has 6 nitrogen and oxygen atoms in total. The van der Waals surface area contributed by atoms with E-state index in [2.05, 4.69) is 5.32 Å². The Morgan fingerprint density at radius 2 is 2.06 bits per heavy atom. The van der Waals surface area contributed by atoms with Crippen molar-refractivity contribution in [1.82, 2.24) is 5.32 Å². The molecule has 0 aliphatic carbocycles. The van der Waals surface area contributed by atoms with Gasteiger partial charge in [0.25, 0.3) is 0 Å². The number of nitrogens with one attached hydrogen (secondary N) is 1. The lowest BCUT2D eigenvalue weighted by molar-refractivity contribution is -0.119. The molecule has 0 aliphatic rings. The highest BCUT2D eigenvalue weighted by atomic mass is 16.5. The van der Waals surface area contributed by atoms with Crippen molar-refractivity contribution in [3.8, 4) is 11.5 Å². The van der Waals surface area contributed by atoms with Gasteiger partial charge in [0.2, 0.25) is 5.91 Å². The van der Waals surface area contributed by atoms with Crippen molar-refractivity contribution in [2.75, 3.05) is 20.3 Å². The first kappa shape index (κ1) is 13.8. The number of benzene rings is 1. The number of rotatable bonds is 6. The summed E-state index contributed by atoms with van der Waals surface area (Å²) in [6, 6.07) is 4.34. The molecule has 0 spiro atoms. The lowest BCUT2D eigenvalue weighted by atomic mass is 10.2. The number of hydrogen-bond acceptors (Lipinski definition) is 4. The predicted octanol–water partition coefficient (Wildman–Crippen LogP) is 0.908. The van der Waals surface area contributed by atoms with Gasteiger partial charge in [0.15, 0.2) is 11.5 Å². The van der Waals surface area contributed by atoms with Crippen LogP contribution in [0, 0.1) is 0 Å². The van der Waals surface area contributed by atoms with E-state index in [9.17, 15) is 9.59 Å². The van der Waals surface area contributed by atoms with Crippen LogP contribution in [-0.2, 0) is 4.79 Å². The maximum absolute atomic E-state index is 10.8. The first-order valence-electron chi connectivity index (χ1n) is 5.33. The molecule has 0 unspecified atom stereocenters. The summed E-state index contributed by atoms with van der Waals surface area (Å²) in [5.41, 5.74) is 0.126. The molecule has 0 atom stereocenters. The van der Waals surface area contributed by atoms with E-state index in [1.165, 1.54) is 32.2 Å². The second-order valence-corrected chi connectivity index (χ2v) is 3.50. The highest BCUT2D eigenvalue weighted by molar-refractivity contribution is 5.88. The molecule has 98 valence electrons. The molecule has 6 heteroatoms. The van der Waals surface area contributed by atoms with Crippen molar-refractivity contribution in [3.05, 3.63) is 23.8 Å². The molecular formula is C12H15NO5. The Morgan fingerprint density at radius 3 is 2.61 bits per heavy atom. The van der Waals surface area contributed by atoms with Crippen LogP contribution in [0.1, 0.15) is 17.3 Å². The zero-order chi connectivity index (χ0) is 13.5. The predicted molar refractivity (Wildman–Crippen MR) is 64.1 cm³/mol. The molecule has 1 aromatic rings. The Balaban J connectivity index is 2.65. The molecule has 1 rings (SSSR count). The SMILES string of the molecule is COc1cc(C(=O)O)ccc1OCCNC(C)=O. The summed E-state index contributed by atoms with van der Waals surface area (Å²) in [7, 11) is 1.43. The smallest absolute Gasteiger partial charge is 0.335 e. The first-order valence-corrected chi connectivity index (χ1v) is 5.33. The Hall–Kier alpha value is -2.24. The normalized spacial score (nSPS) is 9.67. The minimum atomic E-state index is -1.03. The molecule has 0 heterocycles. The molecule has 0 saturated heterocycles. The number of methoxy groups -OCH3 is 1. The molecule has 0 saturated carbocycles. The Kier molecular flexibility index (Phi) is 4.98. The molecule has 18 heavy (non-hydrogen) atoms. The second kappa shape index (κ2) is 6.48. The summed E-state index contributed by atoms with van der Waals surface area (Å²) in [5.74, 6) is -0.379. The fraction of sp³-hybridized carbons (Fsp3) is 0.333. The average molecular weight is 253 g/mol. The Morgan fingerprint density at radius 1 is 1.33 bits per heavy atom. The number of carbonyl (C=O) groups excluding carboxylic acids is 1. The monoisotopic (exact) mass is 253 g/mol. The molecule has 1 amide bonds. The van der Waals surface area contributed by atoms with Crippen LogP contribution in [0.5, 0.6) is 11.5 Å². The topological polar surface area (TPSA) is 84.9 Å². The maximum Gasteiger partial charge on any atom is 0.335 e. The van der Waals surface area contributed by atoms with E-state index in [-0.39, 0.29) is 18.1 Å². The number of hydrogen-bond donors (Lipinski definition) is 2. The van der Waals surface area contributed by atoms with Gasteiger partial charge in [-0.3, -0.25) is 4.79 Å². The van der Waals surface area contributed by atoms with E-state index in [4.69, 9.17) is 14.6 Å². The molecule has 0 fully saturated rings. The molecule has 0 radical (unpaired) electrons. The number of ether oxygens (including phenoxy) is 2. The zero-order valence-electron chi connectivity index (χ0n) is 10.2. The van der Waals surface area contributed by atoms with Crippen molar-refractivity contribution < 1.29 is 24.2 Å². The van der Waals surface area contributed by atoms with Gasteiger partial charge in [0, 0.05) is 6.92 Å². The third kappa shape index (κ3) is 3.97. The van der Waals surface area contributed by atoms with Gasteiger partial charge >= 0.3 is 5.97 Å². The van der Waals surface area contributed by atoms with Crippen LogP contribution in [-0.4, -0.2) is 37.2 Å². The van der Waals surface area contributed by atoms with E-state index >= 15 is 0 Å². The standard InChI is InChI=1S/C12H15NO5/c1-8(14)13-5-6-18-10-4-3-9(12(15)16)7-11(10)17-2/h3-4,7H,5-6H2,1-2H3,(H,13,14)(H,15,16). The summed E-state index contributed by atoms with van der Waals surface area (Å²) < 4.78 is 10.4. The van der Waals surface area contributed by atoms with E-state index in [1.54, 1.807) is 0 Å². The lowest BCUT2D eigenvalue weighted by Crippen LogP contribution is -2.25. The second-order valence-electron chi connectivity index (χ2n) is 3.50. The van der Waals surface area contributed by atoms with Gasteiger partial charge in [-0.25, -0.2) is 4.79 Å². The summed E-state index contributed by atoms with van der Waals surface area (Å²) in [6.07, 6.45) is 0. The fourth-order valence-corrected chi connectivity index (χ4v) is 1.31. The van der Waals surface area contributed by atoms with Crippen molar-refractivity contribution in [2.24, 2.45) is 0 Å². The van der Waals surface area contributed by atoms with Crippen LogP contribution in [0.4, 0.5) is 0 Å². The fourth-order valence-electron chi connectivity index (χ4n) is 1.31. The minimum Gasteiger partial charge on any atom is -0.493 e. The van der Waals surface area contributed by atoms with Gasteiger partial charge < -0.3 is 19.9 Å². The maximum atomic E-state index is 10.8. The molecule has 2 N–H and O–H groups in total. The van der Waals surface area contributed by atoms with E-state index in [0.717, 1.165) is 0 Å². The van der Waals surface area contributed by atoms with Crippen LogP contribution in [0.2, 0.25) is 0 Å². The van der Waals surface area contributed by atoms with Crippen molar-refractivity contribution in [3.63, 3.8) is 0 Å². The van der Waals surface area contributed by atoms with Crippen LogP contribution >= 0.6 is 0 Å². The number of carboxylic acids is 1. The molecule has 0 aromatic heterocycles. The first-order chi connectivity index (χ1) is 8.54. The van der Waals surface area contributed by atoms with Gasteiger partial charge in [-0.15, -0.1) is 0 Å². The van der Waals surface area contributed by atoms with Gasteiger partial charge in [-0.1, -0.05) is 0 Å². The third-order valence-corrected chi connectivity index (χ3v) is 2.14. The highest BCUT2D eigenvalue weighted by Crippen LogP contribution is 2.27. The number of aromatic carboxylic acids is 1. The highest BCUT2D eigenvalue weighted by Gasteiger charge is 2.09. The number of amides is 1. The largest absolute Gasteiger partial charge is 0.493 e. The Bertz CT molecular complexity index is 444. The third-order valence-electron chi connectivity index (χ3n) is 2.14. The molecule has 1 aromatic carbocycles. The van der Waals surface area contributed by atoms with Crippen LogP contribution in [0.25, 0.3) is 0 Å². The molecule has 0 bridgehead atoms. The molecular weight excluding hydrogens is 238 g/mol. The summed E-state index contributed by atoms with van der Waals surface area (Å²) in [5, 5.41) is 11.4. The van der Waals surface area contributed by atoms with Gasteiger partial charge in [0.1, 0.15) is 6.61 Å². The van der Waals surface area contributed by atoms with Crippen molar-refractivity contribution in [1.29, 1.82) is 0 Å². The Labute approximate surface area is 105 Å². The lowest BCUT2D eigenvalue weighted by Gasteiger charge is -2.11. The van der Waals surface area contributed by atoms with Gasteiger partial charge in [0.05, 0.1) is 19.2 Å². The van der Waals surface area contributed by atoms with E-state index in [0.29, 0.717) is 18.0 Å². The number of carboxylic acid groups (broad SMARTS) is 1. The van der Waals surface area contributed by atoms with Crippen molar-refractivity contribution >= 4 is 11.9 Å². The molecule has 0 aliphatic heterocycles. The summed E-state index contributed by atoms with van der Waals surface area (Å²) >= 11 is 0.